The molecule has 1 aromatic rings. The van der Waals surface area contributed by atoms with Crippen LogP contribution in [0, 0.1) is 11.3 Å². The van der Waals surface area contributed by atoms with E-state index in [0.29, 0.717) is 0 Å². The van der Waals surface area contributed by atoms with E-state index >= 15 is 0 Å². The highest BCUT2D eigenvalue weighted by Crippen LogP contribution is 2.26. The third-order valence-corrected chi connectivity index (χ3v) is 1.90. The van der Waals surface area contributed by atoms with Crippen molar-refractivity contribution in [1.82, 2.24) is 4.98 Å². The zero-order chi connectivity index (χ0) is 11.4. The molecule has 4 nitrogen and oxygen atoms in total. The summed E-state index contributed by atoms with van der Waals surface area (Å²) in [6.07, 6.45) is -2.04. The number of nitrogens with one attached hydrogen (secondary N) is 1. The van der Waals surface area contributed by atoms with Crippen molar-refractivity contribution in [1.29, 1.82) is 5.26 Å². The van der Waals surface area contributed by atoms with Gasteiger partial charge in [-0.05, 0) is 0 Å². The lowest BCUT2D eigenvalue weighted by Gasteiger charge is -2.09. The van der Waals surface area contributed by atoms with E-state index in [0.717, 1.165) is 0 Å². The third-order valence-electron chi connectivity index (χ3n) is 1.90. The first kappa shape index (κ1) is 11.2. The van der Waals surface area contributed by atoms with E-state index < -0.39 is 17.5 Å². The highest BCUT2D eigenvalue weighted by atomic mass is 19.3. The molecule has 0 amide bonds. The first-order valence-corrected chi connectivity index (χ1v) is 4.05. The molecule has 0 fully saturated rings. The van der Waals surface area contributed by atoms with Crippen molar-refractivity contribution in [3.05, 3.63) is 27.7 Å². The Morgan fingerprint density at radius 2 is 2.33 bits per heavy atom. The second kappa shape index (κ2) is 4.55. The molecule has 0 aliphatic carbocycles. The minimum absolute atomic E-state index is 0.0567. The Labute approximate surface area is 84.1 Å². The van der Waals surface area contributed by atoms with Crippen LogP contribution in [0.25, 0.3) is 0 Å². The lowest BCUT2D eigenvalue weighted by Crippen LogP contribution is -2.16. The molecule has 1 rings (SSSR count). The van der Waals surface area contributed by atoms with E-state index in [-0.39, 0.29) is 17.7 Å². The second-order valence-electron chi connectivity index (χ2n) is 2.71. The van der Waals surface area contributed by atoms with Gasteiger partial charge in [-0.1, -0.05) is 0 Å². The summed E-state index contributed by atoms with van der Waals surface area (Å²) in [6.45, 7) is 0. The van der Waals surface area contributed by atoms with E-state index in [1.165, 1.54) is 13.3 Å². The van der Waals surface area contributed by atoms with Crippen LogP contribution in [0.2, 0.25) is 0 Å². The highest BCUT2D eigenvalue weighted by molar-refractivity contribution is 5.39. The van der Waals surface area contributed by atoms with E-state index in [4.69, 9.17) is 10.00 Å². The largest absolute Gasteiger partial charge is 0.495 e. The number of nitrogens with zero attached hydrogens (tertiary/aromatic N) is 1. The van der Waals surface area contributed by atoms with Crippen molar-refractivity contribution in [2.45, 2.75) is 12.8 Å². The van der Waals surface area contributed by atoms with E-state index in [2.05, 4.69) is 4.98 Å². The minimum Gasteiger partial charge on any atom is -0.495 e. The number of pyridine rings is 1. The summed E-state index contributed by atoms with van der Waals surface area (Å²) in [4.78, 5) is 13.3. The molecule has 0 aliphatic rings. The molecule has 0 saturated heterocycles. The lowest BCUT2D eigenvalue weighted by atomic mass is 10.1. The number of hydrogen-bond acceptors (Lipinski definition) is 3. The van der Waals surface area contributed by atoms with Crippen LogP contribution in [-0.4, -0.2) is 12.1 Å². The van der Waals surface area contributed by atoms with E-state index in [1.54, 1.807) is 6.07 Å². The Bertz CT molecular complexity index is 448. The Balaban J connectivity index is 3.45. The van der Waals surface area contributed by atoms with Crippen LogP contribution in [0.1, 0.15) is 17.6 Å². The summed E-state index contributed by atoms with van der Waals surface area (Å²) in [7, 11) is 1.28. The maximum absolute atomic E-state index is 12.5. The number of rotatable bonds is 3. The van der Waals surface area contributed by atoms with Gasteiger partial charge >= 0.3 is 0 Å². The average Bonchev–Trinajstić information content (AvgIpc) is 2.18. The van der Waals surface area contributed by atoms with Crippen molar-refractivity contribution in [2.75, 3.05) is 7.11 Å². The summed E-state index contributed by atoms with van der Waals surface area (Å²) in [5, 5.41) is 8.47. The molecule has 0 atom stereocenters. The van der Waals surface area contributed by atoms with Crippen molar-refractivity contribution in [3.63, 3.8) is 0 Å². The van der Waals surface area contributed by atoms with Crippen LogP contribution in [-0.2, 0) is 6.42 Å². The summed E-state index contributed by atoms with van der Waals surface area (Å²) >= 11 is 0. The van der Waals surface area contributed by atoms with Crippen LogP contribution < -0.4 is 10.3 Å². The van der Waals surface area contributed by atoms with Gasteiger partial charge in [-0.25, -0.2) is 8.78 Å². The summed E-state index contributed by atoms with van der Waals surface area (Å²) in [5.74, 6) is 0.0893. The number of ether oxygens (including phenoxy) is 1. The van der Waals surface area contributed by atoms with Gasteiger partial charge < -0.3 is 9.72 Å². The predicted molar refractivity (Wildman–Crippen MR) is 47.9 cm³/mol. The molecular weight excluding hydrogens is 206 g/mol. The van der Waals surface area contributed by atoms with Crippen molar-refractivity contribution >= 4 is 0 Å². The first-order valence-electron chi connectivity index (χ1n) is 4.05. The number of alkyl halides is 2. The Morgan fingerprint density at radius 1 is 1.67 bits per heavy atom. The molecule has 0 aliphatic heterocycles. The maximum Gasteiger partial charge on any atom is 0.269 e. The molecule has 80 valence electrons. The fourth-order valence-electron chi connectivity index (χ4n) is 1.24. The van der Waals surface area contributed by atoms with E-state index in [9.17, 15) is 13.6 Å². The lowest BCUT2D eigenvalue weighted by molar-refractivity contribution is 0.148. The Morgan fingerprint density at radius 3 is 2.80 bits per heavy atom. The molecule has 0 saturated carbocycles. The summed E-state index contributed by atoms with van der Waals surface area (Å²) in [6, 6.07) is 1.72. The van der Waals surface area contributed by atoms with Gasteiger partial charge in [0.1, 0.15) is 5.75 Å². The minimum atomic E-state index is -2.92. The maximum atomic E-state index is 12.5. The number of hydrogen-bond donors (Lipinski definition) is 1. The Kier molecular flexibility index (Phi) is 3.39. The van der Waals surface area contributed by atoms with Gasteiger partial charge in [0.25, 0.3) is 12.0 Å². The number of halogens is 2. The molecule has 6 heteroatoms. The van der Waals surface area contributed by atoms with E-state index in [1.807, 2.05) is 0 Å². The normalized spacial score (nSPS) is 10.1. The predicted octanol–water partition coefficient (Wildman–Crippen LogP) is 1.39. The quantitative estimate of drug-likeness (QED) is 0.826. The van der Waals surface area contributed by atoms with Gasteiger partial charge in [0.2, 0.25) is 0 Å². The molecule has 15 heavy (non-hydrogen) atoms. The molecule has 0 aromatic carbocycles. The van der Waals surface area contributed by atoms with Crippen LogP contribution in [0.15, 0.2) is 11.0 Å². The molecule has 1 N–H and O–H groups in total. The topological polar surface area (TPSA) is 65.9 Å². The van der Waals surface area contributed by atoms with Gasteiger partial charge in [-0.15, -0.1) is 0 Å². The van der Waals surface area contributed by atoms with Gasteiger partial charge in [0.15, 0.2) is 0 Å². The van der Waals surface area contributed by atoms with Crippen LogP contribution in [0.3, 0.4) is 0 Å². The summed E-state index contributed by atoms with van der Waals surface area (Å²) in [5.41, 5.74) is -1.65. The fraction of sp³-hybridized carbons (Fsp3) is 0.333. The van der Waals surface area contributed by atoms with Crippen LogP contribution in [0.4, 0.5) is 8.78 Å². The zero-order valence-corrected chi connectivity index (χ0v) is 7.88. The molecule has 0 spiro atoms. The molecule has 0 unspecified atom stereocenters. The first-order chi connectivity index (χ1) is 7.11. The van der Waals surface area contributed by atoms with Crippen LogP contribution in [0.5, 0.6) is 5.75 Å². The second-order valence-corrected chi connectivity index (χ2v) is 2.71. The number of aromatic amines is 1. The number of aromatic nitrogens is 1. The number of H-pyrrole nitrogens is 1. The number of nitriles is 1. The van der Waals surface area contributed by atoms with Gasteiger partial charge in [-0.2, -0.15) is 5.26 Å². The van der Waals surface area contributed by atoms with Gasteiger partial charge in [0.05, 0.1) is 25.2 Å². The van der Waals surface area contributed by atoms with Crippen LogP contribution >= 0.6 is 0 Å². The Hall–Kier alpha value is -1.90. The SMILES string of the molecule is COc1c[nH]c(=O)c(C(F)F)c1CC#N. The molecule has 1 aromatic heterocycles. The van der Waals surface area contributed by atoms with Crippen molar-refractivity contribution in [2.24, 2.45) is 0 Å². The van der Waals surface area contributed by atoms with Gasteiger partial charge in [0, 0.05) is 11.8 Å². The molecule has 1 heterocycles. The molecule has 0 radical (unpaired) electrons. The van der Waals surface area contributed by atoms with Crippen molar-refractivity contribution < 1.29 is 13.5 Å². The van der Waals surface area contributed by atoms with Crippen molar-refractivity contribution in [3.8, 4) is 11.8 Å². The summed E-state index contributed by atoms with van der Waals surface area (Å²) < 4.78 is 29.9. The third kappa shape index (κ3) is 2.13. The smallest absolute Gasteiger partial charge is 0.269 e. The van der Waals surface area contributed by atoms with Gasteiger partial charge in [-0.3, -0.25) is 4.79 Å². The standard InChI is InChI=1S/C9H8F2N2O2/c1-15-6-4-13-9(14)7(8(10)11)5(6)2-3-12/h4,8H,2H2,1H3,(H,13,14). The average molecular weight is 214 g/mol. The fourth-order valence-corrected chi connectivity index (χ4v) is 1.24. The number of methoxy groups -OCH3 is 1. The zero-order valence-electron chi connectivity index (χ0n) is 7.88. The highest BCUT2D eigenvalue weighted by Gasteiger charge is 2.20. The molecular formula is C9H8F2N2O2. The monoisotopic (exact) mass is 214 g/mol. The molecule has 0 bridgehead atoms.